The average molecular weight is 348 g/mol. The van der Waals surface area contributed by atoms with Gasteiger partial charge in [-0.05, 0) is 35.7 Å². The van der Waals surface area contributed by atoms with Gasteiger partial charge in [-0.1, -0.05) is 13.8 Å². The third-order valence-corrected chi connectivity index (χ3v) is 4.21. The second-order valence-electron chi connectivity index (χ2n) is 5.92. The summed E-state index contributed by atoms with van der Waals surface area (Å²) < 4.78 is 11.1. The van der Waals surface area contributed by atoms with Crippen LogP contribution in [0.5, 0.6) is 0 Å². The first-order chi connectivity index (χ1) is 11.6. The van der Waals surface area contributed by atoms with E-state index in [4.69, 9.17) is 9.15 Å². The number of hydrogen-bond acceptors (Lipinski definition) is 5. The summed E-state index contributed by atoms with van der Waals surface area (Å²) in [5, 5.41) is 2.99. The smallest absolute Gasteiger partial charge is 0.230 e. The molecule has 130 valence electrons. The molecule has 0 bridgehead atoms. The monoisotopic (exact) mass is 348 g/mol. The Balaban J connectivity index is 1.78. The number of thioether (sulfide) groups is 1. The summed E-state index contributed by atoms with van der Waals surface area (Å²) >= 11 is 1.57. The molecule has 2 heterocycles. The molecule has 2 aromatic heterocycles. The van der Waals surface area contributed by atoms with Crippen LogP contribution in [0.4, 0.5) is 0 Å². The third-order valence-electron chi connectivity index (χ3n) is 3.21. The zero-order chi connectivity index (χ0) is 17.2. The molecule has 2 aromatic rings. The van der Waals surface area contributed by atoms with Crippen LogP contribution in [0.25, 0.3) is 0 Å². The Kier molecular flexibility index (Phi) is 7.85. The number of rotatable bonds is 10. The van der Waals surface area contributed by atoms with Crippen molar-refractivity contribution in [2.75, 3.05) is 19.0 Å². The number of amides is 1. The number of carbonyl (C=O) groups excluding carboxylic acids is 1. The molecule has 5 nitrogen and oxygen atoms in total. The van der Waals surface area contributed by atoms with Crippen LogP contribution in [-0.4, -0.2) is 29.9 Å². The fourth-order valence-corrected chi connectivity index (χ4v) is 2.88. The minimum Gasteiger partial charge on any atom is -0.467 e. The summed E-state index contributed by atoms with van der Waals surface area (Å²) in [6, 6.07) is 7.32. The Labute approximate surface area is 147 Å². The molecule has 0 radical (unpaired) electrons. The summed E-state index contributed by atoms with van der Waals surface area (Å²) in [4.78, 5) is 16.2. The highest BCUT2D eigenvalue weighted by Gasteiger charge is 2.17. The maximum atomic E-state index is 12.2. The van der Waals surface area contributed by atoms with Crippen molar-refractivity contribution in [3.8, 4) is 0 Å². The van der Waals surface area contributed by atoms with E-state index in [2.05, 4.69) is 24.1 Å². The van der Waals surface area contributed by atoms with Crippen LogP contribution >= 0.6 is 11.8 Å². The van der Waals surface area contributed by atoms with E-state index in [1.165, 1.54) is 0 Å². The van der Waals surface area contributed by atoms with E-state index in [9.17, 15) is 4.79 Å². The lowest BCUT2D eigenvalue weighted by Crippen LogP contribution is -2.33. The molecule has 0 aliphatic heterocycles. The second kappa shape index (κ2) is 10.2. The molecular weight excluding hydrogens is 324 g/mol. The highest BCUT2D eigenvalue weighted by molar-refractivity contribution is 7.99. The topological polar surface area (TPSA) is 64.4 Å². The molecule has 24 heavy (non-hydrogen) atoms. The summed E-state index contributed by atoms with van der Waals surface area (Å²) in [6.45, 7) is 5.25. The number of nitrogens with zero attached hydrogens (tertiary/aromatic N) is 1. The fraction of sp³-hybridized carbons (Fsp3) is 0.444. The van der Waals surface area contributed by atoms with Gasteiger partial charge in [-0.3, -0.25) is 9.78 Å². The SMILES string of the molecule is CC(C)COCC(NC(=O)CSCc1ccncc1)c1ccco1. The number of aromatic nitrogens is 1. The molecule has 1 N–H and O–H groups in total. The van der Waals surface area contributed by atoms with Crippen LogP contribution in [0.3, 0.4) is 0 Å². The van der Waals surface area contributed by atoms with Gasteiger partial charge in [0.1, 0.15) is 11.8 Å². The van der Waals surface area contributed by atoms with Gasteiger partial charge >= 0.3 is 0 Å². The van der Waals surface area contributed by atoms with Crippen LogP contribution in [0, 0.1) is 5.92 Å². The van der Waals surface area contributed by atoms with Gasteiger partial charge in [-0.2, -0.15) is 0 Å². The van der Waals surface area contributed by atoms with Gasteiger partial charge < -0.3 is 14.5 Å². The number of hydrogen-bond donors (Lipinski definition) is 1. The number of ether oxygens (including phenoxy) is 1. The van der Waals surface area contributed by atoms with Crippen LogP contribution in [0.1, 0.15) is 31.2 Å². The number of carbonyl (C=O) groups is 1. The fourth-order valence-electron chi connectivity index (χ4n) is 2.08. The van der Waals surface area contributed by atoms with E-state index < -0.39 is 0 Å². The molecule has 1 unspecified atom stereocenters. The lowest BCUT2D eigenvalue weighted by Gasteiger charge is -2.17. The summed E-state index contributed by atoms with van der Waals surface area (Å²) in [5.74, 6) is 2.32. The maximum Gasteiger partial charge on any atom is 0.230 e. The molecule has 0 saturated carbocycles. The molecule has 0 aliphatic carbocycles. The maximum absolute atomic E-state index is 12.2. The Morgan fingerprint density at radius 2 is 2.08 bits per heavy atom. The number of furan rings is 1. The third kappa shape index (κ3) is 6.76. The van der Waals surface area contributed by atoms with Crippen molar-refractivity contribution in [2.45, 2.75) is 25.6 Å². The van der Waals surface area contributed by atoms with Gasteiger partial charge in [0.25, 0.3) is 0 Å². The Morgan fingerprint density at radius 1 is 1.29 bits per heavy atom. The van der Waals surface area contributed by atoms with E-state index >= 15 is 0 Å². The highest BCUT2D eigenvalue weighted by atomic mass is 32.2. The first kappa shape index (κ1) is 18.5. The van der Waals surface area contributed by atoms with Crippen molar-refractivity contribution in [2.24, 2.45) is 5.92 Å². The van der Waals surface area contributed by atoms with Crippen molar-refractivity contribution >= 4 is 17.7 Å². The van der Waals surface area contributed by atoms with Gasteiger partial charge in [-0.15, -0.1) is 11.8 Å². The lowest BCUT2D eigenvalue weighted by atomic mass is 10.2. The van der Waals surface area contributed by atoms with Crippen LogP contribution in [-0.2, 0) is 15.3 Å². The first-order valence-corrected chi connectivity index (χ1v) is 9.17. The minimum atomic E-state index is -0.257. The molecule has 6 heteroatoms. The molecule has 0 aliphatic rings. The van der Waals surface area contributed by atoms with Crippen molar-refractivity contribution in [3.05, 3.63) is 54.2 Å². The largest absolute Gasteiger partial charge is 0.467 e. The average Bonchev–Trinajstić information content (AvgIpc) is 3.09. The molecule has 0 spiro atoms. The van der Waals surface area contributed by atoms with Crippen LogP contribution in [0.2, 0.25) is 0 Å². The van der Waals surface area contributed by atoms with E-state index in [-0.39, 0.29) is 11.9 Å². The molecule has 1 amide bonds. The van der Waals surface area contributed by atoms with Crippen molar-refractivity contribution in [3.63, 3.8) is 0 Å². The van der Waals surface area contributed by atoms with Crippen LogP contribution in [0.15, 0.2) is 47.3 Å². The van der Waals surface area contributed by atoms with E-state index in [0.717, 1.165) is 11.3 Å². The first-order valence-electron chi connectivity index (χ1n) is 8.02. The molecule has 0 fully saturated rings. The Hall–Kier alpha value is -1.79. The van der Waals surface area contributed by atoms with Gasteiger partial charge in [-0.25, -0.2) is 0 Å². The van der Waals surface area contributed by atoms with Crippen LogP contribution < -0.4 is 5.32 Å². The Morgan fingerprint density at radius 3 is 2.75 bits per heavy atom. The molecule has 0 aromatic carbocycles. The standard InChI is InChI=1S/C18H24N2O3S/c1-14(2)10-22-11-16(17-4-3-9-23-17)20-18(21)13-24-12-15-5-7-19-8-6-15/h3-9,14,16H,10-13H2,1-2H3,(H,20,21). The highest BCUT2D eigenvalue weighted by Crippen LogP contribution is 2.16. The van der Waals surface area contributed by atoms with E-state index in [1.807, 2.05) is 24.3 Å². The zero-order valence-electron chi connectivity index (χ0n) is 14.1. The minimum absolute atomic E-state index is 0.0244. The Bertz CT molecular complexity index is 588. The van der Waals surface area contributed by atoms with Crippen molar-refractivity contribution < 1.29 is 13.9 Å². The normalized spacial score (nSPS) is 12.3. The van der Waals surface area contributed by atoms with E-state index in [1.54, 1.807) is 30.4 Å². The summed E-state index contributed by atoms with van der Waals surface area (Å²) in [7, 11) is 0. The quantitative estimate of drug-likeness (QED) is 0.712. The summed E-state index contributed by atoms with van der Waals surface area (Å²) in [6.07, 6.45) is 5.12. The predicted octanol–water partition coefficient (Wildman–Crippen LogP) is 3.44. The second-order valence-corrected chi connectivity index (χ2v) is 6.90. The lowest BCUT2D eigenvalue weighted by molar-refractivity contribution is -0.120. The zero-order valence-corrected chi connectivity index (χ0v) is 14.9. The van der Waals surface area contributed by atoms with E-state index in [0.29, 0.717) is 30.6 Å². The van der Waals surface area contributed by atoms with Gasteiger partial charge in [0, 0.05) is 24.8 Å². The molecule has 2 rings (SSSR count). The van der Waals surface area contributed by atoms with Crippen molar-refractivity contribution in [1.29, 1.82) is 0 Å². The predicted molar refractivity (Wildman–Crippen MR) is 95.6 cm³/mol. The molecular formula is C18H24N2O3S. The molecule has 1 atom stereocenters. The van der Waals surface area contributed by atoms with Gasteiger partial charge in [0.2, 0.25) is 5.91 Å². The van der Waals surface area contributed by atoms with Gasteiger partial charge in [0.15, 0.2) is 0 Å². The summed E-state index contributed by atoms with van der Waals surface area (Å²) in [5.41, 5.74) is 1.16. The van der Waals surface area contributed by atoms with Gasteiger partial charge in [0.05, 0.1) is 18.6 Å². The molecule has 0 saturated heterocycles. The number of nitrogens with one attached hydrogen (secondary N) is 1. The van der Waals surface area contributed by atoms with Crippen molar-refractivity contribution in [1.82, 2.24) is 10.3 Å². The number of pyridine rings is 1.